The van der Waals surface area contributed by atoms with Gasteiger partial charge < -0.3 is 0 Å². The minimum atomic E-state index is 0.0330. The molecule has 0 aliphatic rings. The fraction of sp³-hybridized carbons (Fsp3) is 1.00. The number of rotatable bonds is 18. The molecule has 0 bridgehead atoms. The Kier molecular flexibility index (Phi) is 16.4. The molecular formula is C28H59P. The maximum absolute atomic E-state index is 2.57. The fourth-order valence-corrected chi connectivity index (χ4v) is 10.8. The lowest BCUT2D eigenvalue weighted by molar-refractivity contribution is 0.160. The first kappa shape index (κ1) is 29.4. The molecule has 0 heterocycles. The number of hydrogen-bond acceptors (Lipinski definition) is 0. The monoisotopic (exact) mass is 426 g/mol. The van der Waals surface area contributed by atoms with Crippen LogP contribution in [-0.2, 0) is 0 Å². The van der Waals surface area contributed by atoms with E-state index in [4.69, 9.17) is 0 Å². The van der Waals surface area contributed by atoms with Gasteiger partial charge in [0.1, 0.15) is 0 Å². The van der Waals surface area contributed by atoms with Gasteiger partial charge in [0.25, 0.3) is 0 Å². The van der Waals surface area contributed by atoms with E-state index in [1.54, 1.807) is 0 Å². The normalized spacial score (nSPS) is 15.1. The second-order valence-corrected chi connectivity index (χ2v) is 14.1. The summed E-state index contributed by atoms with van der Waals surface area (Å²) in [6, 6.07) is 0. The highest BCUT2D eigenvalue weighted by Crippen LogP contribution is 2.66. The molecule has 0 saturated heterocycles. The minimum absolute atomic E-state index is 0.0330. The quantitative estimate of drug-likeness (QED) is 0.151. The van der Waals surface area contributed by atoms with Crippen molar-refractivity contribution in [1.82, 2.24) is 0 Å². The van der Waals surface area contributed by atoms with Crippen molar-refractivity contribution < 1.29 is 0 Å². The molecule has 0 saturated carbocycles. The van der Waals surface area contributed by atoms with Crippen LogP contribution < -0.4 is 0 Å². The highest BCUT2D eigenvalue weighted by atomic mass is 31.1. The van der Waals surface area contributed by atoms with Gasteiger partial charge in [0, 0.05) is 0 Å². The topological polar surface area (TPSA) is 0 Å². The van der Waals surface area contributed by atoms with E-state index in [1.807, 2.05) is 0 Å². The smallest absolute Gasteiger partial charge is 0.00156 e. The van der Waals surface area contributed by atoms with Gasteiger partial charge in [0.15, 0.2) is 0 Å². The molecule has 2 atom stereocenters. The highest BCUT2D eigenvalue weighted by molar-refractivity contribution is 7.60. The summed E-state index contributed by atoms with van der Waals surface area (Å²) in [6.07, 6.45) is 17.2. The average Bonchev–Trinajstić information content (AvgIpc) is 2.63. The first-order valence-corrected chi connectivity index (χ1v) is 15.0. The van der Waals surface area contributed by atoms with Crippen LogP contribution in [0, 0.1) is 23.7 Å². The van der Waals surface area contributed by atoms with E-state index in [2.05, 4.69) is 69.2 Å². The third-order valence-electron chi connectivity index (χ3n) is 7.49. The van der Waals surface area contributed by atoms with Gasteiger partial charge in [-0.1, -0.05) is 135 Å². The molecule has 0 N–H and O–H groups in total. The van der Waals surface area contributed by atoms with E-state index in [9.17, 15) is 0 Å². The van der Waals surface area contributed by atoms with Crippen LogP contribution in [0.3, 0.4) is 0 Å². The van der Waals surface area contributed by atoms with Crippen LogP contribution in [-0.4, -0.2) is 17.0 Å². The Bertz CT molecular complexity index is 361. The summed E-state index contributed by atoms with van der Waals surface area (Å²) >= 11 is 0. The number of unbranched alkanes of at least 4 members (excludes halogenated alkanes) is 8. The van der Waals surface area contributed by atoms with Gasteiger partial charge in [-0.15, -0.1) is 0 Å². The van der Waals surface area contributed by atoms with Crippen LogP contribution in [0.15, 0.2) is 0 Å². The molecule has 0 amide bonds. The summed E-state index contributed by atoms with van der Waals surface area (Å²) in [4.78, 5) is 0. The van der Waals surface area contributed by atoms with Gasteiger partial charge in [0.2, 0.25) is 0 Å². The van der Waals surface area contributed by atoms with Crippen LogP contribution in [0.1, 0.15) is 140 Å². The molecule has 0 aromatic rings. The van der Waals surface area contributed by atoms with E-state index in [0.29, 0.717) is 5.16 Å². The van der Waals surface area contributed by atoms with E-state index in [0.717, 1.165) is 29.3 Å². The minimum Gasteiger partial charge on any atom is -0.0969 e. The Morgan fingerprint density at radius 3 is 1.45 bits per heavy atom. The van der Waals surface area contributed by atoms with Crippen molar-refractivity contribution in [2.75, 3.05) is 6.16 Å². The Morgan fingerprint density at radius 2 is 1.03 bits per heavy atom. The molecular weight excluding hydrogens is 367 g/mol. The molecule has 0 aliphatic heterocycles. The molecule has 0 rings (SSSR count). The summed E-state index contributed by atoms with van der Waals surface area (Å²) < 4.78 is 0. The van der Waals surface area contributed by atoms with E-state index < -0.39 is 0 Å². The third-order valence-corrected chi connectivity index (χ3v) is 11.9. The average molecular weight is 427 g/mol. The van der Waals surface area contributed by atoms with Gasteiger partial charge in [-0.05, 0) is 53.5 Å². The standard InChI is InChI=1S/C28H59P/c1-11-13-15-17-18-20-22-29(26(9)10)28(24(5)6,25(7)8)27(23(3)4)21-19-16-14-12-2/h23-27H,11-22H2,1-10H3. The van der Waals surface area contributed by atoms with Crippen molar-refractivity contribution in [3.8, 4) is 0 Å². The van der Waals surface area contributed by atoms with Crippen molar-refractivity contribution in [2.24, 2.45) is 23.7 Å². The van der Waals surface area contributed by atoms with Crippen molar-refractivity contribution in [3.05, 3.63) is 0 Å². The molecule has 0 aromatic heterocycles. The van der Waals surface area contributed by atoms with Crippen LogP contribution >= 0.6 is 7.92 Å². The van der Waals surface area contributed by atoms with Crippen LogP contribution in [0.4, 0.5) is 0 Å². The van der Waals surface area contributed by atoms with Gasteiger partial charge in [-0.3, -0.25) is 0 Å². The van der Waals surface area contributed by atoms with Crippen LogP contribution in [0.5, 0.6) is 0 Å². The van der Waals surface area contributed by atoms with Crippen LogP contribution in [0.2, 0.25) is 0 Å². The van der Waals surface area contributed by atoms with E-state index in [-0.39, 0.29) is 7.92 Å². The predicted molar refractivity (Wildman–Crippen MR) is 140 cm³/mol. The van der Waals surface area contributed by atoms with Crippen molar-refractivity contribution >= 4 is 7.92 Å². The molecule has 176 valence electrons. The largest absolute Gasteiger partial charge is 0.0969 e. The molecule has 0 nitrogen and oxygen atoms in total. The summed E-state index contributed by atoms with van der Waals surface area (Å²) in [5.41, 5.74) is 0.849. The second kappa shape index (κ2) is 16.1. The van der Waals surface area contributed by atoms with Crippen molar-refractivity contribution in [3.63, 3.8) is 0 Å². The Morgan fingerprint density at radius 1 is 0.586 bits per heavy atom. The van der Waals surface area contributed by atoms with E-state index >= 15 is 0 Å². The molecule has 0 fully saturated rings. The lowest BCUT2D eigenvalue weighted by Crippen LogP contribution is -2.50. The Hall–Kier alpha value is 0.430. The first-order chi connectivity index (χ1) is 13.7. The maximum Gasteiger partial charge on any atom is -0.00156 e. The van der Waals surface area contributed by atoms with Crippen molar-refractivity contribution in [1.29, 1.82) is 0 Å². The summed E-state index contributed by atoms with van der Waals surface area (Å²) in [6.45, 7) is 25.1. The molecule has 0 radical (unpaired) electrons. The summed E-state index contributed by atoms with van der Waals surface area (Å²) in [5, 5.41) is 0.535. The molecule has 1 heteroatoms. The molecule has 29 heavy (non-hydrogen) atoms. The van der Waals surface area contributed by atoms with Crippen LogP contribution in [0.25, 0.3) is 0 Å². The first-order valence-electron chi connectivity index (χ1n) is 13.4. The van der Waals surface area contributed by atoms with Gasteiger partial charge >= 0.3 is 0 Å². The fourth-order valence-electron chi connectivity index (χ4n) is 6.25. The van der Waals surface area contributed by atoms with Gasteiger partial charge in [0.05, 0.1) is 0 Å². The van der Waals surface area contributed by atoms with E-state index in [1.165, 1.54) is 76.8 Å². The summed E-state index contributed by atoms with van der Waals surface area (Å²) in [7, 11) is 0.0330. The van der Waals surface area contributed by atoms with Gasteiger partial charge in [-0.25, -0.2) is 0 Å². The molecule has 0 aliphatic carbocycles. The van der Waals surface area contributed by atoms with Crippen molar-refractivity contribution in [2.45, 2.75) is 151 Å². The number of hydrogen-bond donors (Lipinski definition) is 0. The Labute approximate surface area is 188 Å². The zero-order valence-electron chi connectivity index (χ0n) is 22.3. The predicted octanol–water partition coefficient (Wildman–Crippen LogP) is 10.5. The maximum atomic E-state index is 2.57. The lowest BCUT2D eigenvalue weighted by atomic mass is 9.68. The lowest BCUT2D eigenvalue weighted by Gasteiger charge is -2.56. The molecule has 0 aromatic carbocycles. The second-order valence-electron chi connectivity index (χ2n) is 11.0. The zero-order chi connectivity index (χ0) is 22.4. The highest BCUT2D eigenvalue weighted by Gasteiger charge is 2.50. The molecule has 2 unspecified atom stereocenters. The Balaban J connectivity index is 5.60. The zero-order valence-corrected chi connectivity index (χ0v) is 23.2. The molecule has 0 spiro atoms. The summed E-state index contributed by atoms with van der Waals surface area (Å²) in [5.74, 6) is 3.26. The third kappa shape index (κ3) is 9.21. The SMILES string of the molecule is CCCCCCCCP(C(C)C)C(C(C)C)(C(C)C)C(CCCCCC)C(C)C. The van der Waals surface area contributed by atoms with Gasteiger partial charge in [-0.2, -0.15) is 0 Å².